The molecule has 0 heterocycles. The number of rotatable bonds is 10. The highest BCUT2D eigenvalue weighted by molar-refractivity contribution is 9.10. The Morgan fingerprint density at radius 3 is 2.24 bits per heavy atom. The van der Waals surface area contributed by atoms with Gasteiger partial charge in [-0.25, -0.2) is 8.42 Å². The number of nitrogens with zero attached hydrogens (tertiary/aromatic N) is 2. The van der Waals surface area contributed by atoms with E-state index in [9.17, 15) is 18.0 Å². The van der Waals surface area contributed by atoms with Crippen LogP contribution in [0.2, 0.25) is 10.0 Å². The molecule has 1 saturated carbocycles. The van der Waals surface area contributed by atoms with Crippen LogP contribution in [-0.4, -0.2) is 43.8 Å². The fraction of sp³-hybridized carbons (Fsp3) is 0.333. The number of hydrogen-bond acceptors (Lipinski definition) is 4. The lowest BCUT2D eigenvalue weighted by molar-refractivity contribution is -0.139. The minimum absolute atomic E-state index is 0.00710. The number of anilines is 1. The third kappa shape index (κ3) is 7.83. The molecule has 0 radical (unpaired) electrons. The predicted octanol–water partition coefficient (Wildman–Crippen LogP) is 6.74. The highest BCUT2D eigenvalue weighted by Gasteiger charge is 2.33. The first-order valence-corrected chi connectivity index (χ1v) is 16.3. The highest BCUT2D eigenvalue weighted by Crippen LogP contribution is 2.28. The third-order valence-electron chi connectivity index (χ3n) is 7.23. The Kier molecular flexibility index (Phi) is 10.4. The van der Waals surface area contributed by atoms with E-state index < -0.39 is 28.5 Å². The second kappa shape index (κ2) is 13.6. The molecule has 1 atom stereocenters. The largest absolute Gasteiger partial charge is 0.352 e. The number of benzene rings is 3. The van der Waals surface area contributed by atoms with Crippen molar-refractivity contribution in [3.8, 4) is 0 Å². The minimum Gasteiger partial charge on any atom is -0.352 e. The Hall–Kier alpha value is -2.59. The second-order valence-corrected chi connectivity index (χ2v) is 13.8. The topological polar surface area (TPSA) is 86.8 Å². The number of aryl methyl sites for hydroxylation is 1. The highest BCUT2D eigenvalue weighted by atomic mass is 79.9. The van der Waals surface area contributed by atoms with Crippen molar-refractivity contribution in [2.24, 2.45) is 0 Å². The molecule has 2 amide bonds. The van der Waals surface area contributed by atoms with Crippen LogP contribution in [0.3, 0.4) is 0 Å². The molecule has 3 aromatic carbocycles. The molecule has 0 aromatic heterocycles. The van der Waals surface area contributed by atoms with Gasteiger partial charge in [-0.3, -0.25) is 13.9 Å². The fourth-order valence-corrected chi connectivity index (χ4v) is 6.93. The molecular weight excluding hydrogens is 649 g/mol. The molecule has 0 unspecified atom stereocenters. The summed E-state index contributed by atoms with van der Waals surface area (Å²) in [5, 5.41) is 3.83. The van der Waals surface area contributed by atoms with Gasteiger partial charge in [0.05, 0.1) is 10.6 Å². The molecule has 0 bridgehead atoms. The lowest BCUT2D eigenvalue weighted by Gasteiger charge is -2.32. The summed E-state index contributed by atoms with van der Waals surface area (Å²) >= 11 is 15.9. The SMILES string of the molecule is Cc1ccc(S(=O)(=O)N(CC(=O)N(Cc2ccc(Cl)cc2Cl)[C@@H](C)C(=O)NC2CCCC2)c2ccc(Br)cc2)cc1. The summed E-state index contributed by atoms with van der Waals surface area (Å²) in [4.78, 5) is 28.8. The zero-order valence-electron chi connectivity index (χ0n) is 22.8. The minimum atomic E-state index is -4.14. The van der Waals surface area contributed by atoms with Gasteiger partial charge in [-0.05, 0) is 80.8 Å². The van der Waals surface area contributed by atoms with Crippen LogP contribution in [0.25, 0.3) is 0 Å². The van der Waals surface area contributed by atoms with Gasteiger partial charge in [0.1, 0.15) is 12.6 Å². The molecule has 4 rings (SSSR count). The van der Waals surface area contributed by atoms with E-state index in [0.717, 1.165) is 40.0 Å². The maximum atomic E-state index is 14.1. The van der Waals surface area contributed by atoms with Crippen LogP contribution >= 0.6 is 39.1 Å². The van der Waals surface area contributed by atoms with Crippen LogP contribution in [-0.2, 0) is 26.2 Å². The summed E-state index contributed by atoms with van der Waals surface area (Å²) in [6.45, 7) is 2.98. The van der Waals surface area contributed by atoms with Crippen molar-refractivity contribution < 1.29 is 18.0 Å². The van der Waals surface area contributed by atoms with Gasteiger partial charge < -0.3 is 10.2 Å². The molecule has 7 nitrogen and oxygen atoms in total. The smallest absolute Gasteiger partial charge is 0.264 e. The van der Waals surface area contributed by atoms with Crippen LogP contribution in [0.5, 0.6) is 0 Å². The Morgan fingerprint density at radius 2 is 1.63 bits per heavy atom. The van der Waals surface area contributed by atoms with Gasteiger partial charge in [-0.1, -0.05) is 75.7 Å². The quantitative estimate of drug-likeness (QED) is 0.257. The summed E-state index contributed by atoms with van der Waals surface area (Å²) in [7, 11) is -4.14. The average Bonchev–Trinajstić information content (AvgIpc) is 3.44. The molecule has 11 heteroatoms. The zero-order valence-corrected chi connectivity index (χ0v) is 26.7. The van der Waals surface area contributed by atoms with Crippen LogP contribution in [0.4, 0.5) is 5.69 Å². The van der Waals surface area contributed by atoms with E-state index in [0.29, 0.717) is 21.3 Å². The van der Waals surface area contributed by atoms with Crippen molar-refractivity contribution >= 4 is 66.7 Å². The Balaban J connectivity index is 1.70. The monoisotopic (exact) mass is 679 g/mol. The van der Waals surface area contributed by atoms with E-state index in [1.165, 1.54) is 17.0 Å². The number of halogens is 3. The molecule has 1 aliphatic rings. The van der Waals surface area contributed by atoms with E-state index in [4.69, 9.17) is 23.2 Å². The van der Waals surface area contributed by atoms with Gasteiger partial charge in [-0.2, -0.15) is 0 Å². The molecule has 1 fully saturated rings. The Morgan fingerprint density at radius 1 is 1.00 bits per heavy atom. The first-order chi connectivity index (χ1) is 19.5. The van der Waals surface area contributed by atoms with Crippen molar-refractivity contribution in [1.82, 2.24) is 10.2 Å². The number of sulfonamides is 1. The molecule has 1 aliphatic carbocycles. The molecule has 0 spiro atoms. The van der Waals surface area contributed by atoms with E-state index in [1.54, 1.807) is 61.5 Å². The molecule has 0 saturated heterocycles. The summed E-state index contributed by atoms with van der Waals surface area (Å²) in [5.41, 5.74) is 1.81. The predicted molar refractivity (Wildman–Crippen MR) is 167 cm³/mol. The summed E-state index contributed by atoms with van der Waals surface area (Å²) in [6.07, 6.45) is 3.87. The van der Waals surface area contributed by atoms with Gasteiger partial charge in [-0.15, -0.1) is 0 Å². The number of amides is 2. The Bertz CT molecular complexity index is 1500. The van der Waals surface area contributed by atoms with Crippen LogP contribution < -0.4 is 9.62 Å². The van der Waals surface area contributed by atoms with Gasteiger partial charge >= 0.3 is 0 Å². The van der Waals surface area contributed by atoms with Crippen molar-refractivity contribution in [3.05, 3.63) is 92.4 Å². The summed E-state index contributed by atoms with van der Waals surface area (Å²) in [5.74, 6) is -0.851. The molecule has 0 aliphatic heterocycles. The van der Waals surface area contributed by atoms with E-state index in [-0.39, 0.29) is 23.4 Å². The van der Waals surface area contributed by atoms with Crippen LogP contribution in [0.15, 0.2) is 76.1 Å². The van der Waals surface area contributed by atoms with Gasteiger partial charge in [0.25, 0.3) is 10.0 Å². The first-order valence-electron chi connectivity index (χ1n) is 13.3. The van der Waals surface area contributed by atoms with Crippen LogP contribution in [0.1, 0.15) is 43.7 Å². The van der Waals surface area contributed by atoms with Crippen molar-refractivity contribution in [2.75, 3.05) is 10.8 Å². The standard InChI is InChI=1S/C30H32BrCl2N3O4S/c1-20-7-15-27(16-8-20)41(39,40)36(26-13-10-23(31)11-14-26)19-29(37)35(18-22-9-12-24(32)17-28(22)33)21(2)30(38)34-25-5-3-4-6-25/h7-17,21,25H,3-6,18-19H2,1-2H3,(H,34,38)/t21-/m0/s1. The lowest BCUT2D eigenvalue weighted by atomic mass is 10.1. The third-order valence-corrected chi connectivity index (χ3v) is 10.1. The van der Waals surface area contributed by atoms with Crippen molar-refractivity contribution in [1.29, 1.82) is 0 Å². The zero-order chi connectivity index (χ0) is 29.7. The summed E-state index contributed by atoms with van der Waals surface area (Å²) in [6, 6.07) is 17.2. The molecular formula is C30H32BrCl2N3O4S. The van der Waals surface area contributed by atoms with E-state index >= 15 is 0 Å². The van der Waals surface area contributed by atoms with E-state index in [2.05, 4.69) is 21.2 Å². The number of nitrogens with one attached hydrogen (secondary N) is 1. The van der Waals surface area contributed by atoms with Gasteiger partial charge in [0, 0.05) is 27.1 Å². The Labute approximate surface area is 260 Å². The number of carbonyl (C=O) groups excluding carboxylic acids is 2. The average molecular weight is 681 g/mol. The van der Waals surface area contributed by atoms with Crippen LogP contribution in [0, 0.1) is 6.92 Å². The first kappa shape index (κ1) is 31.3. The van der Waals surface area contributed by atoms with Gasteiger partial charge in [0.15, 0.2) is 0 Å². The summed E-state index contributed by atoms with van der Waals surface area (Å²) < 4.78 is 29.6. The maximum absolute atomic E-state index is 14.1. The second-order valence-electron chi connectivity index (χ2n) is 10.2. The van der Waals surface area contributed by atoms with Gasteiger partial charge in [0.2, 0.25) is 11.8 Å². The molecule has 41 heavy (non-hydrogen) atoms. The normalized spacial score (nSPS) is 14.5. The lowest BCUT2D eigenvalue weighted by Crippen LogP contribution is -2.52. The number of carbonyl (C=O) groups is 2. The fourth-order valence-electron chi connectivity index (χ4n) is 4.78. The molecule has 3 aromatic rings. The number of hydrogen-bond donors (Lipinski definition) is 1. The molecule has 1 N–H and O–H groups in total. The van der Waals surface area contributed by atoms with Crippen molar-refractivity contribution in [2.45, 2.75) is 63.1 Å². The maximum Gasteiger partial charge on any atom is 0.264 e. The molecule has 218 valence electrons. The van der Waals surface area contributed by atoms with Crippen molar-refractivity contribution in [3.63, 3.8) is 0 Å². The van der Waals surface area contributed by atoms with E-state index in [1.807, 2.05) is 6.92 Å².